The number of hydrogen-bond donors (Lipinski definition) is 2. The van der Waals surface area contributed by atoms with Gasteiger partial charge >= 0.3 is 0 Å². The Bertz CT molecular complexity index is 433. The lowest BCUT2D eigenvalue weighted by Crippen LogP contribution is -2.22. The van der Waals surface area contributed by atoms with E-state index in [1.54, 1.807) is 18.0 Å². The van der Waals surface area contributed by atoms with Crippen molar-refractivity contribution in [2.75, 3.05) is 11.1 Å². The molecule has 3 N–H and O–H groups in total. The topological polar surface area (TPSA) is 90.0 Å². The number of primary amides is 1. The summed E-state index contributed by atoms with van der Waals surface area (Å²) in [6.45, 7) is 4.01. The van der Waals surface area contributed by atoms with Crippen molar-refractivity contribution in [3.05, 3.63) is 12.4 Å². The fourth-order valence-corrected chi connectivity index (χ4v) is 2.42. The molecule has 1 aromatic heterocycles. The standard InChI is InChI=1S/C12H20N4O2S/c1-3-4-5-19-9(2)12(18)15-10-6-14-16(7-10)8-11(13)17/h6-7,9H,3-5,8H2,1-2H3,(H2,13,17)(H,15,18). The van der Waals surface area contributed by atoms with Gasteiger partial charge < -0.3 is 11.1 Å². The first-order valence-electron chi connectivity index (χ1n) is 6.26. The van der Waals surface area contributed by atoms with Crippen LogP contribution < -0.4 is 11.1 Å². The Balaban J connectivity index is 2.43. The minimum Gasteiger partial charge on any atom is -0.368 e. The van der Waals surface area contributed by atoms with E-state index < -0.39 is 5.91 Å². The SMILES string of the molecule is CCCCSC(C)C(=O)Nc1cnn(CC(N)=O)c1. The van der Waals surface area contributed by atoms with Gasteiger partial charge in [-0.3, -0.25) is 14.3 Å². The molecule has 0 fully saturated rings. The Hall–Kier alpha value is -1.50. The van der Waals surface area contributed by atoms with E-state index in [-0.39, 0.29) is 17.7 Å². The molecule has 0 aliphatic heterocycles. The van der Waals surface area contributed by atoms with Gasteiger partial charge in [0, 0.05) is 6.20 Å². The predicted molar refractivity (Wildman–Crippen MR) is 76.9 cm³/mol. The fourth-order valence-electron chi connectivity index (χ4n) is 1.40. The average molecular weight is 284 g/mol. The zero-order valence-corrected chi connectivity index (χ0v) is 12.1. The molecule has 0 aliphatic carbocycles. The van der Waals surface area contributed by atoms with Gasteiger partial charge in [-0.15, -0.1) is 11.8 Å². The van der Waals surface area contributed by atoms with Gasteiger partial charge in [-0.05, 0) is 19.1 Å². The van der Waals surface area contributed by atoms with Gasteiger partial charge in [0.2, 0.25) is 11.8 Å². The van der Waals surface area contributed by atoms with Crippen LogP contribution in [-0.2, 0) is 16.1 Å². The van der Waals surface area contributed by atoms with Crippen molar-refractivity contribution in [2.24, 2.45) is 5.73 Å². The van der Waals surface area contributed by atoms with Crippen molar-refractivity contribution in [1.82, 2.24) is 9.78 Å². The van der Waals surface area contributed by atoms with Crippen molar-refractivity contribution in [3.63, 3.8) is 0 Å². The second-order valence-electron chi connectivity index (χ2n) is 4.25. The third-order valence-corrected chi connectivity index (χ3v) is 3.69. The zero-order valence-electron chi connectivity index (χ0n) is 11.3. The van der Waals surface area contributed by atoms with Gasteiger partial charge in [-0.1, -0.05) is 13.3 Å². The monoisotopic (exact) mass is 284 g/mol. The van der Waals surface area contributed by atoms with Crippen LogP contribution >= 0.6 is 11.8 Å². The number of nitrogens with zero attached hydrogens (tertiary/aromatic N) is 2. The lowest BCUT2D eigenvalue weighted by Gasteiger charge is -2.10. The van der Waals surface area contributed by atoms with Gasteiger partial charge in [0.25, 0.3) is 0 Å². The number of nitrogens with two attached hydrogens (primary N) is 1. The maximum Gasteiger partial charge on any atom is 0.239 e. The number of hydrogen-bond acceptors (Lipinski definition) is 4. The fraction of sp³-hybridized carbons (Fsp3) is 0.583. The summed E-state index contributed by atoms with van der Waals surface area (Å²) < 4.78 is 1.40. The minimum atomic E-state index is -0.468. The molecule has 1 atom stereocenters. The summed E-state index contributed by atoms with van der Waals surface area (Å²) in [5.41, 5.74) is 5.64. The Morgan fingerprint density at radius 3 is 2.95 bits per heavy atom. The molecule has 19 heavy (non-hydrogen) atoms. The van der Waals surface area contributed by atoms with Crippen LogP contribution in [0.1, 0.15) is 26.7 Å². The molecule has 7 heteroatoms. The lowest BCUT2D eigenvalue weighted by molar-refractivity contribution is -0.118. The normalized spacial score (nSPS) is 12.1. The summed E-state index contributed by atoms with van der Waals surface area (Å²) in [6.07, 6.45) is 5.33. The second kappa shape index (κ2) is 7.83. The summed E-state index contributed by atoms with van der Waals surface area (Å²) in [5, 5.41) is 6.60. The van der Waals surface area contributed by atoms with Crippen molar-refractivity contribution in [1.29, 1.82) is 0 Å². The number of carbonyl (C=O) groups excluding carboxylic acids is 2. The molecule has 0 saturated heterocycles. The number of carbonyl (C=O) groups is 2. The van der Waals surface area contributed by atoms with Gasteiger partial charge in [-0.25, -0.2) is 0 Å². The highest BCUT2D eigenvalue weighted by atomic mass is 32.2. The van der Waals surface area contributed by atoms with Crippen molar-refractivity contribution < 1.29 is 9.59 Å². The summed E-state index contributed by atoms with van der Waals surface area (Å²) >= 11 is 1.63. The zero-order chi connectivity index (χ0) is 14.3. The lowest BCUT2D eigenvalue weighted by atomic mass is 10.4. The van der Waals surface area contributed by atoms with E-state index in [1.165, 1.54) is 10.9 Å². The summed E-state index contributed by atoms with van der Waals surface area (Å²) in [7, 11) is 0. The van der Waals surface area contributed by atoms with Crippen LogP contribution in [0.3, 0.4) is 0 Å². The van der Waals surface area contributed by atoms with Crippen LogP contribution in [0.5, 0.6) is 0 Å². The summed E-state index contributed by atoms with van der Waals surface area (Å²) in [4.78, 5) is 22.6. The highest BCUT2D eigenvalue weighted by Gasteiger charge is 2.14. The van der Waals surface area contributed by atoms with E-state index >= 15 is 0 Å². The maximum atomic E-state index is 11.9. The molecule has 0 aliphatic rings. The van der Waals surface area contributed by atoms with E-state index in [1.807, 2.05) is 6.92 Å². The van der Waals surface area contributed by atoms with Crippen molar-refractivity contribution in [3.8, 4) is 0 Å². The van der Waals surface area contributed by atoms with Gasteiger partial charge in [0.1, 0.15) is 6.54 Å². The molecule has 0 bridgehead atoms. The molecule has 1 aromatic rings. The van der Waals surface area contributed by atoms with Crippen molar-refractivity contribution >= 4 is 29.3 Å². The Morgan fingerprint density at radius 1 is 1.58 bits per heavy atom. The van der Waals surface area contributed by atoms with Gasteiger partial charge in [-0.2, -0.15) is 5.10 Å². The number of thioether (sulfide) groups is 1. The highest BCUT2D eigenvalue weighted by molar-refractivity contribution is 8.00. The minimum absolute atomic E-state index is 0.0106. The largest absolute Gasteiger partial charge is 0.368 e. The molecule has 0 saturated carbocycles. The number of rotatable bonds is 8. The van der Waals surface area contributed by atoms with Crippen LogP contribution in [0.15, 0.2) is 12.4 Å². The number of aromatic nitrogens is 2. The van der Waals surface area contributed by atoms with Crippen LogP contribution in [0.4, 0.5) is 5.69 Å². The number of unbranched alkanes of at least 4 members (excludes halogenated alkanes) is 1. The Labute approximate surface area is 117 Å². The molecular weight excluding hydrogens is 264 g/mol. The van der Waals surface area contributed by atoms with E-state index in [0.29, 0.717) is 5.69 Å². The van der Waals surface area contributed by atoms with Gasteiger partial charge in [0.05, 0.1) is 17.1 Å². The van der Waals surface area contributed by atoms with E-state index in [0.717, 1.165) is 18.6 Å². The number of nitrogens with one attached hydrogen (secondary N) is 1. The first-order valence-corrected chi connectivity index (χ1v) is 7.31. The van der Waals surface area contributed by atoms with Crippen LogP contribution in [-0.4, -0.2) is 32.6 Å². The third kappa shape index (κ3) is 5.78. The molecule has 0 radical (unpaired) electrons. The smallest absolute Gasteiger partial charge is 0.239 e. The third-order valence-electron chi connectivity index (χ3n) is 2.45. The predicted octanol–water partition coefficient (Wildman–Crippen LogP) is 1.23. The summed E-state index contributed by atoms with van der Waals surface area (Å²) in [6, 6.07) is 0. The highest BCUT2D eigenvalue weighted by Crippen LogP contribution is 2.15. The molecule has 1 heterocycles. The van der Waals surface area contributed by atoms with E-state index in [2.05, 4.69) is 17.3 Å². The molecular formula is C12H20N4O2S. The molecule has 1 unspecified atom stereocenters. The number of amides is 2. The van der Waals surface area contributed by atoms with Crippen LogP contribution in [0, 0.1) is 0 Å². The first-order chi connectivity index (χ1) is 9.02. The Kier molecular flexibility index (Phi) is 6.41. The maximum absolute atomic E-state index is 11.9. The van der Waals surface area contributed by atoms with E-state index in [4.69, 9.17) is 5.73 Å². The molecule has 6 nitrogen and oxygen atoms in total. The number of anilines is 1. The quantitative estimate of drug-likeness (QED) is 0.702. The Morgan fingerprint density at radius 2 is 2.32 bits per heavy atom. The average Bonchev–Trinajstić information content (AvgIpc) is 2.75. The van der Waals surface area contributed by atoms with Crippen molar-refractivity contribution in [2.45, 2.75) is 38.5 Å². The first kappa shape index (κ1) is 15.6. The van der Waals surface area contributed by atoms with E-state index in [9.17, 15) is 9.59 Å². The van der Waals surface area contributed by atoms with Crippen LogP contribution in [0.2, 0.25) is 0 Å². The molecule has 2 amide bonds. The molecule has 0 spiro atoms. The summed E-state index contributed by atoms with van der Waals surface area (Å²) in [5.74, 6) is 0.454. The van der Waals surface area contributed by atoms with Gasteiger partial charge in [0.15, 0.2) is 0 Å². The molecule has 0 aromatic carbocycles. The second-order valence-corrected chi connectivity index (χ2v) is 5.70. The molecule has 106 valence electrons. The molecule has 1 rings (SSSR count). The van der Waals surface area contributed by atoms with Crippen LogP contribution in [0.25, 0.3) is 0 Å².